The van der Waals surface area contributed by atoms with Gasteiger partial charge in [-0.2, -0.15) is 5.10 Å². The van der Waals surface area contributed by atoms with Gasteiger partial charge in [-0.15, -0.1) is 11.3 Å². The van der Waals surface area contributed by atoms with Gasteiger partial charge in [0.05, 0.1) is 13.1 Å². The number of nitrogens with zero attached hydrogens (tertiary/aromatic N) is 4. The number of hydrogen-bond acceptors (Lipinski definition) is 5. The number of nitrogens with one attached hydrogen (secondary N) is 1. The van der Waals surface area contributed by atoms with E-state index in [1.54, 1.807) is 6.20 Å². The quantitative estimate of drug-likeness (QED) is 0.392. The minimum Gasteiger partial charge on any atom is -0.344 e. The monoisotopic (exact) mass is 483 g/mol. The second kappa shape index (κ2) is 10.8. The Morgan fingerprint density at radius 3 is 2.63 bits per heavy atom. The summed E-state index contributed by atoms with van der Waals surface area (Å²) in [5.74, 6) is -0.137. The molecule has 6 nitrogen and oxygen atoms in total. The third-order valence-electron chi connectivity index (χ3n) is 6.17. The maximum atomic E-state index is 13.2. The molecule has 0 unspecified atom stereocenters. The van der Waals surface area contributed by atoms with Gasteiger partial charge in [0.2, 0.25) is 0 Å². The van der Waals surface area contributed by atoms with Gasteiger partial charge in [-0.05, 0) is 18.1 Å². The molecule has 2 aromatic heterocycles. The number of fused-ring (bicyclic) bond motifs is 1. The van der Waals surface area contributed by atoms with Crippen LogP contribution in [0.3, 0.4) is 0 Å². The summed E-state index contributed by atoms with van der Waals surface area (Å²) in [6.45, 7) is 5.76. The van der Waals surface area contributed by atoms with E-state index in [1.807, 2.05) is 34.3 Å². The van der Waals surface area contributed by atoms with Gasteiger partial charge in [-0.1, -0.05) is 72.3 Å². The first kappa shape index (κ1) is 23.2. The fraction of sp³-hybridized carbons (Fsp3) is 0.250. The first-order chi connectivity index (χ1) is 17.2. The Bertz CT molecular complexity index is 1300. The van der Waals surface area contributed by atoms with Crippen LogP contribution in [-0.2, 0) is 26.1 Å². The van der Waals surface area contributed by atoms with Crippen LogP contribution in [-0.4, -0.2) is 38.7 Å². The van der Waals surface area contributed by atoms with E-state index in [0.717, 1.165) is 35.8 Å². The summed E-state index contributed by atoms with van der Waals surface area (Å²) in [6.07, 6.45) is 4.86. The molecule has 0 saturated heterocycles. The Morgan fingerprint density at radius 1 is 1.11 bits per heavy atom. The third-order valence-corrected chi connectivity index (χ3v) is 6.95. The van der Waals surface area contributed by atoms with Crippen molar-refractivity contribution in [1.29, 1.82) is 0 Å². The molecule has 1 N–H and O–H groups in total. The van der Waals surface area contributed by atoms with Crippen LogP contribution in [0.2, 0.25) is 0 Å². The Morgan fingerprint density at radius 2 is 1.89 bits per heavy atom. The Hall–Kier alpha value is -3.55. The van der Waals surface area contributed by atoms with Crippen molar-refractivity contribution < 1.29 is 4.79 Å². The van der Waals surface area contributed by atoms with Gasteiger partial charge in [-0.25, -0.2) is 4.98 Å². The van der Waals surface area contributed by atoms with E-state index in [-0.39, 0.29) is 5.91 Å². The summed E-state index contributed by atoms with van der Waals surface area (Å²) in [7, 11) is 0. The molecule has 0 aliphatic carbocycles. The molecule has 0 bridgehead atoms. The number of rotatable bonds is 8. The maximum absolute atomic E-state index is 13.2. The summed E-state index contributed by atoms with van der Waals surface area (Å²) in [6, 6.07) is 20.7. The topological polar surface area (TPSA) is 63.1 Å². The second-order valence-corrected chi connectivity index (χ2v) is 9.87. The number of amides is 1. The molecule has 1 aliphatic heterocycles. The predicted molar refractivity (Wildman–Crippen MR) is 140 cm³/mol. The zero-order valence-corrected chi connectivity index (χ0v) is 20.7. The van der Waals surface area contributed by atoms with Gasteiger partial charge >= 0.3 is 0 Å². The molecule has 0 saturated carbocycles. The van der Waals surface area contributed by atoms with Crippen molar-refractivity contribution >= 4 is 23.3 Å². The molecule has 0 atom stereocenters. The minimum absolute atomic E-state index is 0.137. The van der Waals surface area contributed by atoms with E-state index in [4.69, 9.17) is 5.10 Å². The van der Waals surface area contributed by atoms with Crippen molar-refractivity contribution in [1.82, 2.24) is 25.0 Å². The summed E-state index contributed by atoms with van der Waals surface area (Å²) in [5.41, 5.74) is 6.41. The lowest BCUT2D eigenvalue weighted by atomic mass is 10.0. The van der Waals surface area contributed by atoms with Crippen molar-refractivity contribution in [3.8, 4) is 0 Å². The zero-order chi connectivity index (χ0) is 24.0. The highest BCUT2D eigenvalue weighted by Crippen LogP contribution is 2.25. The zero-order valence-electron chi connectivity index (χ0n) is 19.9. The van der Waals surface area contributed by atoms with Gasteiger partial charge in [0.1, 0.15) is 5.01 Å². The molecule has 35 heavy (non-hydrogen) atoms. The summed E-state index contributed by atoms with van der Waals surface area (Å²) >= 11 is 1.54. The van der Waals surface area contributed by atoms with Crippen LogP contribution in [0, 0.1) is 0 Å². The van der Waals surface area contributed by atoms with Crippen LogP contribution < -0.4 is 5.32 Å². The standard InChI is InChI=1S/C28H29N5OS/c1-21(16-22-8-4-2-5-9-22)18-32-14-12-25-24(20-32)27(28(34)30-17-26-29-13-15-35-26)31-33(25)19-23-10-6-3-7-11-23/h2-11,13,15-16H,12,14,17-20H2,1H3,(H,30,34). The second-order valence-electron chi connectivity index (χ2n) is 8.89. The average molecular weight is 484 g/mol. The number of carbonyl (C=O) groups excluding carboxylic acids is 1. The fourth-order valence-electron chi connectivity index (χ4n) is 4.56. The molecular formula is C28H29N5OS. The number of hydrogen-bond donors (Lipinski definition) is 1. The lowest BCUT2D eigenvalue weighted by Crippen LogP contribution is -2.33. The maximum Gasteiger partial charge on any atom is 0.272 e. The van der Waals surface area contributed by atoms with E-state index < -0.39 is 0 Å². The van der Waals surface area contributed by atoms with E-state index in [1.165, 1.54) is 28.0 Å². The Balaban J connectivity index is 1.37. The molecule has 2 aromatic carbocycles. The molecule has 5 rings (SSSR count). The number of carbonyl (C=O) groups is 1. The third kappa shape index (κ3) is 5.75. The molecule has 0 radical (unpaired) electrons. The number of thiazole rings is 1. The van der Waals surface area contributed by atoms with Crippen molar-refractivity contribution in [3.05, 3.63) is 111 Å². The van der Waals surface area contributed by atoms with Crippen LogP contribution in [0.15, 0.2) is 77.8 Å². The van der Waals surface area contributed by atoms with Crippen molar-refractivity contribution in [3.63, 3.8) is 0 Å². The predicted octanol–water partition coefficient (Wildman–Crippen LogP) is 4.78. The van der Waals surface area contributed by atoms with Gasteiger partial charge in [0.25, 0.3) is 5.91 Å². The van der Waals surface area contributed by atoms with Crippen molar-refractivity contribution in [2.75, 3.05) is 13.1 Å². The van der Waals surface area contributed by atoms with Crippen LogP contribution >= 0.6 is 11.3 Å². The highest BCUT2D eigenvalue weighted by molar-refractivity contribution is 7.09. The molecule has 0 spiro atoms. The molecule has 1 amide bonds. The summed E-state index contributed by atoms with van der Waals surface area (Å²) < 4.78 is 2.02. The largest absolute Gasteiger partial charge is 0.344 e. The number of aromatic nitrogens is 3. The molecular weight excluding hydrogens is 454 g/mol. The van der Waals surface area contributed by atoms with Crippen LogP contribution in [0.5, 0.6) is 0 Å². The molecule has 1 aliphatic rings. The Labute approximate surface area is 209 Å². The summed E-state index contributed by atoms with van der Waals surface area (Å²) in [5, 5.41) is 10.6. The summed E-state index contributed by atoms with van der Waals surface area (Å²) in [4.78, 5) is 19.9. The van der Waals surface area contributed by atoms with E-state index in [0.29, 0.717) is 25.3 Å². The first-order valence-corrected chi connectivity index (χ1v) is 12.8. The van der Waals surface area contributed by atoms with Gasteiger partial charge in [0, 0.05) is 48.9 Å². The molecule has 0 fully saturated rings. The smallest absolute Gasteiger partial charge is 0.272 e. The number of benzene rings is 2. The van der Waals surface area contributed by atoms with Gasteiger partial charge in [-0.3, -0.25) is 14.4 Å². The SMILES string of the molecule is CC(=Cc1ccccc1)CN1CCc2c(c(C(=O)NCc3nccs3)nn2Cc2ccccc2)C1. The molecule has 3 heterocycles. The molecule has 178 valence electrons. The highest BCUT2D eigenvalue weighted by atomic mass is 32.1. The molecule has 7 heteroatoms. The highest BCUT2D eigenvalue weighted by Gasteiger charge is 2.28. The van der Waals surface area contributed by atoms with Crippen LogP contribution in [0.1, 0.15) is 44.8 Å². The van der Waals surface area contributed by atoms with E-state index in [9.17, 15) is 4.79 Å². The van der Waals surface area contributed by atoms with Crippen molar-refractivity contribution in [2.24, 2.45) is 0 Å². The van der Waals surface area contributed by atoms with Crippen LogP contribution in [0.4, 0.5) is 0 Å². The normalized spacial score (nSPS) is 14.0. The van der Waals surface area contributed by atoms with Gasteiger partial charge < -0.3 is 5.32 Å². The van der Waals surface area contributed by atoms with E-state index >= 15 is 0 Å². The van der Waals surface area contributed by atoms with E-state index in [2.05, 4.69) is 64.6 Å². The van der Waals surface area contributed by atoms with Crippen molar-refractivity contribution in [2.45, 2.75) is 33.0 Å². The average Bonchev–Trinajstić information content (AvgIpc) is 3.52. The first-order valence-electron chi connectivity index (χ1n) is 11.9. The lowest BCUT2D eigenvalue weighted by Gasteiger charge is -2.28. The lowest BCUT2D eigenvalue weighted by molar-refractivity contribution is 0.0943. The Kier molecular flexibility index (Phi) is 7.16. The fourth-order valence-corrected chi connectivity index (χ4v) is 5.12. The van der Waals surface area contributed by atoms with Gasteiger partial charge in [0.15, 0.2) is 5.69 Å². The van der Waals surface area contributed by atoms with Crippen LogP contribution in [0.25, 0.3) is 6.08 Å². The molecule has 4 aromatic rings. The minimum atomic E-state index is -0.137.